The SMILES string of the molecule is CCOCc1nnc(N2CC(C(=O)N3[C@H](C)CC[C@@H]3C)CC2=O)s1. The van der Waals surface area contributed by atoms with Gasteiger partial charge in [-0.1, -0.05) is 11.3 Å². The Morgan fingerprint density at radius 1 is 1.29 bits per heavy atom. The largest absolute Gasteiger partial charge is 0.374 e. The summed E-state index contributed by atoms with van der Waals surface area (Å²) in [4.78, 5) is 28.7. The van der Waals surface area contributed by atoms with Crippen LogP contribution in [0.3, 0.4) is 0 Å². The third kappa shape index (κ3) is 3.30. The van der Waals surface area contributed by atoms with Gasteiger partial charge in [-0.05, 0) is 33.6 Å². The van der Waals surface area contributed by atoms with Crippen molar-refractivity contribution < 1.29 is 14.3 Å². The molecule has 8 heteroatoms. The first-order chi connectivity index (χ1) is 11.5. The number of rotatable bonds is 5. The van der Waals surface area contributed by atoms with Crippen LogP contribution in [-0.2, 0) is 20.9 Å². The molecular weight excluding hydrogens is 328 g/mol. The van der Waals surface area contributed by atoms with Gasteiger partial charge in [0.25, 0.3) is 0 Å². The molecule has 1 aromatic heterocycles. The summed E-state index contributed by atoms with van der Waals surface area (Å²) in [5.74, 6) is -0.228. The van der Waals surface area contributed by atoms with Crippen LogP contribution in [-0.4, -0.2) is 52.1 Å². The summed E-state index contributed by atoms with van der Waals surface area (Å²) in [6, 6.07) is 0.520. The summed E-state index contributed by atoms with van der Waals surface area (Å²) in [6.45, 7) is 7.50. The zero-order valence-corrected chi connectivity index (χ0v) is 15.2. The number of amides is 2. The van der Waals surface area contributed by atoms with Gasteiger partial charge in [-0.3, -0.25) is 14.5 Å². The van der Waals surface area contributed by atoms with E-state index in [9.17, 15) is 9.59 Å². The summed E-state index contributed by atoms with van der Waals surface area (Å²) < 4.78 is 5.32. The molecule has 2 aliphatic heterocycles. The van der Waals surface area contributed by atoms with E-state index in [0.29, 0.717) is 24.9 Å². The molecule has 2 fully saturated rings. The Hall–Kier alpha value is -1.54. The van der Waals surface area contributed by atoms with Gasteiger partial charge in [-0.2, -0.15) is 0 Å². The van der Waals surface area contributed by atoms with Crippen LogP contribution < -0.4 is 4.90 Å². The standard InChI is InChI=1S/C16H24N4O3S/c1-4-23-9-13-17-18-16(24-13)19-8-12(7-14(19)21)15(22)20-10(2)5-6-11(20)3/h10-12H,4-9H2,1-3H3/t10-,11+,12?. The molecule has 2 amide bonds. The molecule has 2 aliphatic rings. The van der Waals surface area contributed by atoms with Crippen molar-refractivity contribution in [1.29, 1.82) is 0 Å². The second kappa shape index (κ2) is 7.14. The van der Waals surface area contributed by atoms with Gasteiger partial charge in [0.1, 0.15) is 11.6 Å². The van der Waals surface area contributed by atoms with Gasteiger partial charge in [0.05, 0.1) is 5.92 Å². The normalized spacial score (nSPS) is 27.3. The fraction of sp³-hybridized carbons (Fsp3) is 0.750. The third-order valence-corrected chi connectivity index (χ3v) is 5.72. The Balaban J connectivity index is 1.67. The molecule has 0 radical (unpaired) electrons. The molecule has 132 valence electrons. The van der Waals surface area contributed by atoms with Crippen LogP contribution in [0.15, 0.2) is 0 Å². The van der Waals surface area contributed by atoms with Gasteiger partial charge in [-0.15, -0.1) is 10.2 Å². The fourth-order valence-corrected chi connectivity index (χ4v) is 4.30. The van der Waals surface area contributed by atoms with Crippen molar-refractivity contribution in [3.05, 3.63) is 5.01 Å². The van der Waals surface area contributed by atoms with Crippen molar-refractivity contribution in [2.45, 2.75) is 58.7 Å². The molecular formula is C16H24N4O3S. The van der Waals surface area contributed by atoms with E-state index >= 15 is 0 Å². The number of aromatic nitrogens is 2. The Bertz CT molecular complexity index is 610. The molecule has 7 nitrogen and oxygen atoms in total. The maximum Gasteiger partial charge on any atom is 0.229 e. The first-order valence-corrected chi connectivity index (χ1v) is 9.35. The van der Waals surface area contributed by atoms with Gasteiger partial charge in [0.2, 0.25) is 16.9 Å². The second-order valence-corrected chi connectivity index (χ2v) is 7.58. The van der Waals surface area contributed by atoms with Crippen LogP contribution in [0.5, 0.6) is 0 Å². The highest BCUT2D eigenvalue weighted by molar-refractivity contribution is 7.15. The van der Waals surface area contributed by atoms with Crippen LogP contribution in [0.2, 0.25) is 0 Å². The molecule has 3 rings (SSSR count). The summed E-state index contributed by atoms with van der Waals surface area (Å²) in [6.07, 6.45) is 2.33. The molecule has 0 aromatic carbocycles. The lowest BCUT2D eigenvalue weighted by Crippen LogP contribution is -2.43. The predicted octanol–water partition coefficient (Wildman–Crippen LogP) is 1.83. The summed E-state index contributed by atoms with van der Waals surface area (Å²) in [5.41, 5.74) is 0. The zero-order valence-electron chi connectivity index (χ0n) is 14.4. The molecule has 3 atom stereocenters. The smallest absolute Gasteiger partial charge is 0.229 e. The van der Waals surface area contributed by atoms with E-state index < -0.39 is 0 Å². The minimum absolute atomic E-state index is 0.0491. The number of hydrogen-bond donors (Lipinski definition) is 0. The van der Waals surface area contributed by atoms with Crippen LogP contribution in [0, 0.1) is 5.92 Å². The first-order valence-electron chi connectivity index (χ1n) is 8.54. The van der Waals surface area contributed by atoms with Crippen molar-refractivity contribution in [1.82, 2.24) is 15.1 Å². The fourth-order valence-electron chi connectivity index (χ4n) is 3.50. The van der Waals surface area contributed by atoms with Crippen molar-refractivity contribution in [3.8, 4) is 0 Å². The Morgan fingerprint density at radius 3 is 2.67 bits per heavy atom. The lowest BCUT2D eigenvalue weighted by Gasteiger charge is -2.28. The molecule has 2 saturated heterocycles. The van der Waals surface area contributed by atoms with E-state index in [1.807, 2.05) is 11.8 Å². The van der Waals surface area contributed by atoms with E-state index in [4.69, 9.17) is 4.74 Å². The van der Waals surface area contributed by atoms with E-state index in [1.165, 1.54) is 11.3 Å². The van der Waals surface area contributed by atoms with Gasteiger partial charge in [0.15, 0.2) is 0 Å². The second-order valence-electron chi connectivity index (χ2n) is 6.54. The zero-order chi connectivity index (χ0) is 17.3. The maximum atomic E-state index is 12.8. The Labute approximate surface area is 146 Å². The lowest BCUT2D eigenvalue weighted by molar-refractivity contribution is -0.138. The summed E-state index contributed by atoms with van der Waals surface area (Å²) >= 11 is 1.35. The lowest BCUT2D eigenvalue weighted by atomic mass is 10.1. The van der Waals surface area contributed by atoms with Crippen LogP contribution in [0.1, 0.15) is 45.0 Å². The van der Waals surface area contributed by atoms with Gasteiger partial charge in [-0.25, -0.2) is 0 Å². The van der Waals surface area contributed by atoms with E-state index in [-0.39, 0.29) is 36.2 Å². The highest BCUT2D eigenvalue weighted by Crippen LogP contribution is 2.32. The first kappa shape index (κ1) is 17.3. The van der Waals surface area contributed by atoms with Crippen LogP contribution >= 0.6 is 11.3 Å². The number of nitrogens with zero attached hydrogens (tertiary/aromatic N) is 4. The van der Waals surface area contributed by atoms with Crippen molar-refractivity contribution in [2.75, 3.05) is 18.1 Å². The molecule has 1 unspecified atom stereocenters. The number of anilines is 1. The highest BCUT2D eigenvalue weighted by atomic mass is 32.1. The number of hydrogen-bond acceptors (Lipinski definition) is 6. The number of likely N-dealkylation sites (tertiary alicyclic amines) is 1. The minimum Gasteiger partial charge on any atom is -0.374 e. The van der Waals surface area contributed by atoms with Crippen LogP contribution in [0.25, 0.3) is 0 Å². The van der Waals surface area contributed by atoms with Gasteiger partial charge in [0, 0.05) is 31.7 Å². The van der Waals surface area contributed by atoms with Crippen LogP contribution in [0.4, 0.5) is 5.13 Å². The Morgan fingerprint density at radius 2 is 2.00 bits per heavy atom. The highest BCUT2D eigenvalue weighted by Gasteiger charge is 2.42. The van der Waals surface area contributed by atoms with E-state index in [0.717, 1.165) is 17.8 Å². The van der Waals surface area contributed by atoms with Gasteiger partial charge < -0.3 is 9.64 Å². The molecule has 0 N–H and O–H groups in total. The molecule has 24 heavy (non-hydrogen) atoms. The average molecular weight is 352 g/mol. The monoisotopic (exact) mass is 352 g/mol. The molecule has 3 heterocycles. The summed E-state index contributed by atoms with van der Waals surface area (Å²) in [7, 11) is 0. The quantitative estimate of drug-likeness (QED) is 0.808. The third-order valence-electron chi connectivity index (χ3n) is 4.80. The Kier molecular flexibility index (Phi) is 5.15. The minimum atomic E-state index is -0.278. The van der Waals surface area contributed by atoms with Gasteiger partial charge >= 0.3 is 0 Å². The molecule has 0 spiro atoms. The van der Waals surface area contributed by atoms with Crippen molar-refractivity contribution >= 4 is 28.3 Å². The van der Waals surface area contributed by atoms with E-state index in [1.54, 1.807) is 4.90 Å². The maximum absolute atomic E-state index is 12.8. The van der Waals surface area contributed by atoms with Crippen molar-refractivity contribution in [3.63, 3.8) is 0 Å². The topological polar surface area (TPSA) is 75.6 Å². The van der Waals surface area contributed by atoms with Crippen molar-refractivity contribution in [2.24, 2.45) is 5.92 Å². The number of carbonyl (C=O) groups excluding carboxylic acids is 2. The predicted molar refractivity (Wildman–Crippen MR) is 90.7 cm³/mol. The molecule has 0 bridgehead atoms. The summed E-state index contributed by atoms with van der Waals surface area (Å²) in [5, 5.41) is 9.46. The average Bonchev–Trinajstić information content (AvgIpc) is 3.24. The van der Waals surface area contributed by atoms with E-state index in [2.05, 4.69) is 24.0 Å². The molecule has 0 aliphatic carbocycles. The number of ether oxygens (including phenoxy) is 1. The number of carbonyl (C=O) groups is 2. The molecule has 0 saturated carbocycles. The molecule has 1 aromatic rings.